The Balaban J connectivity index is 1.97. The number of rotatable bonds is 16. The van der Waals surface area contributed by atoms with Gasteiger partial charge in [-0.3, -0.25) is 24.0 Å². The van der Waals surface area contributed by atoms with Crippen LogP contribution in [0.2, 0.25) is 0 Å². The minimum atomic E-state index is -0.903. The summed E-state index contributed by atoms with van der Waals surface area (Å²) in [7, 11) is 0. The summed E-state index contributed by atoms with van der Waals surface area (Å²) in [6.07, 6.45) is 26.0. The van der Waals surface area contributed by atoms with Crippen molar-refractivity contribution in [2.45, 2.75) is 108 Å². The van der Waals surface area contributed by atoms with E-state index >= 15 is 0 Å². The van der Waals surface area contributed by atoms with Crippen molar-refractivity contribution in [3.63, 3.8) is 0 Å². The fraction of sp³-hybridized carbons (Fsp3) is 0.417. The molecule has 2 aliphatic carbocycles. The summed E-state index contributed by atoms with van der Waals surface area (Å²) in [5, 5.41) is 4.78. The maximum absolute atomic E-state index is 13.0. The van der Waals surface area contributed by atoms with Crippen molar-refractivity contribution >= 4 is 35.3 Å². The summed E-state index contributed by atoms with van der Waals surface area (Å²) >= 11 is 0. The number of allylic oxidation sites excluding steroid dienone is 20. The van der Waals surface area contributed by atoms with Crippen LogP contribution in [-0.2, 0) is 33.4 Å². The number of amides is 2. The molecular weight excluding hydrogens is 733 g/mol. The minimum Gasteiger partial charge on any atom is -0.453 e. The van der Waals surface area contributed by atoms with E-state index in [1.54, 1.807) is 13.8 Å². The van der Waals surface area contributed by atoms with Gasteiger partial charge in [0.25, 0.3) is 0 Å². The van der Waals surface area contributed by atoms with Gasteiger partial charge in [-0.1, -0.05) is 135 Å². The summed E-state index contributed by atoms with van der Waals surface area (Å²) in [5.41, 5.74) is 6.25. The molecule has 2 unspecified atom stereocenters. The van der Waals surface area contributed by atoms with Crippen molar-refractivity contribution in [2.24, 2.45) is 10.8 Å². The zero-order valence-electron chi connectivity index (χ0n) is 36.3. The first-order chi connectivity index (χ1) is 27.0. The van der Waals surface area contributed by atoms with Crippen molar-refractivity contribution in [2.75, 3.05) is 13.1 Å². The Morgan fingerprint density at radius 3 is 1.40 bits per heavy atom. The van der Waals surface area contributed by atoms with Gasteiger partial charge in [-0.15, -0.1) is 0 Å². The van der Waals surface area contributed by atoms with Crippen LogP contribution < -0.4 is 10.6 Å². The van der Waals surface area contributed by atoms with Gasteiger partial charge in [0.05, 0.1) is 6.54 Å². The molecular formula is C48H62N2O8. The summed E-state index contributed by atoms with van der Waals surface area (Å²) in [5.74, 6) is -1.64. The second-order valence-electron chi connectivity index (χ2n) is 16.2. The number of hydrogen-bond acceptors (Lipinski definition) is 8. The molecule has 2 rings (SSSR count). The Labute approximate surface area is 345 Å². The van der Waals surface area contributed by atoms with Crippen molar-refractivity contribution < 1.29 is 38.2 Å². The lowest BCUT2D eigenvalue weighted by Gasteiger charge is -2.36. The molecule has 0 spiro atoms. The van der Waals surface area contributed by atoms with Crippen LogP contribution in [0.1, 0.15) is 95.9 Å². The monoisotopic (exact) mass is 794 g/mol. The van der Waals surface area contributed by atoms with E-state index in [9.17, 15) is 28.8 Å². The largest absolute Gasteiger partial charge is 0.453 e. The van der Waals surface area contributed by atoms with E-state index in [-0.39, 0.29) is 36.3 Å². The van der Waals surface area contributed by atoms with Crippen LogP contribution >= 0.6 is 0 Å². The van der Waals surface area contributed by atoms with E-state index in [4.69, 9.17) is 9.47 Å². The Morgan fingerprint density at radius 2 is 0.983 bits per heavy atom. The third-order valence-corrected chi connectivity index (χ3v) is 9.76. The van der Waals surface area contributed by atoms with E-state index in [1.807, 2.05) is 140 Å². The molecule has 0 aromatic heterocycles. The molecule has 2 N–H and O–H groups in total. The molecule has 2 amide bonds. The topological polar surface area (TPSA) is 145 Å². The molecule has 0 radical (unpaired) electrons. The molecule has 2 aliphatic rings. The van der Waals surface area contributed by atoms with E-state index in [2.05, 4.69) is 10.6 Å². The van der Waals surface area contributed by atoms with Crippen LogP contribution in [-0.4, -0.2) is 60.6 Å². The van der Waals surface area contributed by atoms with Crippen molar-refractivity contribution in [3.8, 4) is 0 Å². The normalized spacial score (nSPS) is 21.0. The van der Waals surface area contributed by atoms with Crippen molar-refractivity contribution in [1.82, 2.24) is 10.6 Å². The number of carbonyl (C=O) groups is 6. The highest BCUT2D eigenvalue weighted by molar-refractivity contribution is 6.02. The predicted octanol–water partition coefficient (Wildman–Crippen LogP) is 8.92. The molecule has 10 nitrogen and oxygen atoms in total. The molecule has 0 heterocycles. The zero-order chi connectivity index (χ0) is 43.8. The fourth-order valence-corrected chi connectivity index (χ4v) is 6.52. The van der Waals surface area contributed by atoms with E-state index < -0.39 is 35.1 Å². The number of esters is 1. The first-order valence-corrected chi connectivity index (χ1v) is 19.5. The van der Waals surface area contributed by atoms with Gasteiger partial charge in [0.15, 0.2) is 23.8 Å². The first-order valence-electron chi connectivity index (χ1n) is 19.5. The summed E-state index contributed by atoms with van der Waals surface area (Å²) < 4.78 is 10.8. The van der Waals surface area contributed by atoms with Crippen LogP contribution in [0.4, 0.5) is 4.79 Å². The Bertz CT molecular complexity index is 1830. The number of nitrogens with one attached hydrogen (secondary N) is 2. The molecule has 0 aromatic carbocycles. The first kappa shape index (κ1) is 48.5. The molecule has 312 valence electrons. The predicted molar refractivity (Wildman–Crippen MR) is 230 cm³/mol. The third kappa shape index (κ3) is 16.1. The van der Waals surface area contributed by atoms with Crippen LogP contribution in [0, 0.1) is 10.8 Å². The SMILES string of the molecule is CC(=O)CNC(=O)OC1CC(C)(C)C(/C=C/C(C)=C/C=C/C(C)=C/C=C/C=C(C)/C=C/C=C(C)/C=C/C2=C(C)C(=O)C(OC(=O)CNC(C)=O)CC2(C)C)=C(C)C1=O. The van der Waals surface area contributed by atoms with Crippen molar-refractivity contribution in [3.05, 3.63) is 130 Å². The molecule has 2 atom stereocenters. The lowest BCUT2D eigenvalue weighted by atomic mass is 9.71. The van der Waals surface area contributed by atoms with Crippen molar-refractivity contribution in [1.29, 1.82) is 0 Å². The lowest BCUT2D eigenvalue weighted by molar-refractivity contribution is -0.155. The van der Waals surface area contributed by atoms with Crippen LogP contribution in [0.15, 0.2) is 130 Å². The molecule has 0 saturated carbocycles. The highest BCUT2D eigenvalue weighted by Crippen LogP contribution is 2.42. The molecule has 0 bridgehead atoms. The van der Waals surface area contributed by atoms with Crippen LogP contribution in [0.5, 0.6) is 0 Å². The maximum Gasteiger partial charge on any atom is 0.408 e. The van der Waals surface area contributed by atoms with E-state index in [1.165, 1.54) is 13.8 Å². The maximum atomic E-state index is 13.0. The molecule has 0 aromatic rings. The Hall–Kier alpha value is -5.64. The van der Waals surface area contributed by atoms with Crippen LogP contribution in [0.3, 0.4) is 0 Å². The zero-order valence-corrected chi connectivity index (χ0v) is 36.3. The van der Waals surface area contributed by atoms with Gasteiger partial charge in [-0.2, -0.15) is 0 Å². The van der Waals surface area contributed by atoms with Gasteiger partial charge in [0.2, 0.25) is 5.91 Å². The second kappa shape index (κ2) is 22.3. The number of hydrogen-bond donors (Lipinski definition) is 2. The number of Topliss-reactive ketones (excluding diaryl/α,β-unsaturated/α-hetero) is 3. The Kier molecular flexibility index (Phi) is 18.7. The van der Waals surface area contributed by atoms with Gasteiger partial charge >= 0.3 is 12.1 Å². The van der Waals surface area contributed by atoms with E-state index in [0.717, 1.165) is 33.4 Å². The number of alkyl carbamates (subject to hydrolysis) is 1. The molecule has 58 heavy (non-hydrogen) atoms. The highest BCUT2D eigenvalue weighted by Gasteiger charge is 2.41. The van der Waals surface area contributed by atoms with Gasteiger partial charge in [-0.25, -0.2) is 4.79 Å². The molecule has 10 heteroatoms. The average Bonchev–Trinajstić information content (AvgIpc) is 3.12. The lowest BCUT2D eigenvalue weighted by Crippen LogP contribution is -2.41. The summed E-state index contributed by atoms with van der Waals surface area (Å²) in [4.78, 5) is 72.5. The molecule has 0 saturated heterocycles. The van der Waals surface area contributed by atoms with Gasteiger partial charge in [-0.05, 0) is 81.6 Å². The molecule has 0 fully saturated rings. The van der Waals surface area contributed by atoms with E-state index in [0.29, 0.717) is 24.0 Å². The fourth-order valence-electron chi connectivity index (χ4n) is 6.52. The smallest absolute Gasteiger partial charge is 0.408 e. The summed E-state index contributed by atoms with van der Waals surface area (Å²) in [6, 6.07) is 0. The number of carbonyl (C=O) groups excluding carboxylic acids is 6. The second-order valence-corrected chi connectivity index (χ2v) is 16.2. The van der Waals surface area contributed by atoms with Gasteiger partial charge in [0.1, 0.15) is 12.3 Å². The number of ketones is 3. The standard InChI is InChI=1S/C48H62N2O8/c1-31(19-15-21-33(3)23-25-39-36(6)44(54)41(27-47(39,9)10)57-43(53)30-49-38(8)52)17-13-14-18-32(2)20-16-22-34(4)24-26-40-37(7)45(55)42(28-48(40,11)12)58-46(56)50-29-35(5)51/h13-26,41-42H,27-30H2,1-12H3,(H,49,52)(H,50,56)/b14-13+,19-15+,20-16+,25-23+,26-24+,31-17+,32-18+,33-21+,34-22+. The Morgan fingerprint density at radius 1 is 0.586 bits per heavy atom. The van der Waals surface area contributed by atoms with Crippen LogP contribution in [0.25, 0.3) is 0 Å². The average molecular weight is 795 g/mol. The minimum absolute atomic E-state index is 0.143. The van der Waals surface area contributed by atoms with Gasteiger partial charge < -0.3 is 20.1 Å². The summed E-state index contributed by atoms with van der Waals surface area (Å²) in [6.45, 7) is 21.9. The highest BCUT2D eigenvalue weighted by atomic mass is 16.6. The van der Waals surface area contributed by atoms with Gasteiger partial charge in [0, 0.05) is 19.8 Å². The number of ether oxygens (including phenoxy) is 2. The quantitative estimate of drug-likeness (QED) is 0.116. The molecule has 0 aliphatic heterocycles. The third-order valence-electron chi connectivity index (χ3n) is 9.76.